The summed E-state index contributed by atoms with van der Waals surface area (Å²) in [6, 6.07) is 0. The Morgan fingerprint density at radius 2 is 1.23 bits per heavy atom. The summed E-state index contributed by atoms with van der Waals surface area (Å²) in [4.78, 5) is 0. The minimum atomic E-state index is -6.00. The van der Waals surface area contributed by atoms with Gasteiger partial charge in [0.1, 0.15) is 0 Å². The van der Waals surface area contributed by atoms with Crippen molar-refractivity contribution >= 4 is 7.25 Å². The molecule has 2 bridgehead atoms. The van der Waals surface area contributed by atoms with Crippen molar-refractivity contribution in [2.45, 2.75) is 19.3 Å². The minimum absolute atomic E-state index is 0. The number of hydrogen-bond acceptors (Lipinski definition) is 0. The molecule has 0 unspecified atom stereocenters. The quantitative estimate of drug-likeness (QED) is 0.472. The SMILES string of the molecule is C1=C2CCC(=C1)C2.F[B-](F)(F)F.[Rh+]. The van der Waals surface area contributed by atoms with Crippen LogP contribution < -0.4 is 0 Å². The summed E-state index contributed by atoms with van der Waals surface area (Å²) in [6.07, 6.45) is 8.54. The molecule has 0 amide bonds. The van der Waals surface area contributed by atoms with Crippen molar-refractivity contribution in [1.29, 1.82) is 0 Å². The van der Waals surface area contributed by atoms with Crippen molar-refractivity contribution in [3.05, 3.63) is 23.3 Å². The Kier molecular flexibility index (Phi) is 4.90. The Bertz CT molecular complexity index is 207. The molecule has 2 aliphatic rings. The standard InChI is InChI=1S/C7H8.BF4.Rh/c1-2-7-4-3-6(1)5-7;2-1(3,4)5;/h1-2H,3-5H2;;/q;-1;+1. The second-order valence-corrected chi connectivity index (χ2v) is 2.82. The van der Waals surface area contributed by atoms with Gasteiger partial charge in [0.15, 0.2) is 0 Å². The van der Waals surface area contributed by atoms with Crippen LogP contribution in [0.15, 0.2) is 23.3 Å². The predicted octanol–water partition coefficient (Wildman–Crippen LogP) is 3.33. The van der Waals surface area contributed by atoms with Gasteiger partial charge in [0.2, 0.25) is 0 Å². The summed E-state index contributed by atoms with van der Waals surface area (Å²) in [5.41, 5.74) is 3.30. The van der Waals surface area contributed by atoms with Crippen LogP contribution in [0.4, 0.5) is 17.3 Å². The normalized spacial score (nSPS) is 18.2. The molecular formula is C7H8BF4Rh. The van der Waals surface area contributed by atoms with Gasteiger partial charge in [-0.2, -0.15) is 0 Å². The van der Waals surface area contributed by atoms with E-state index in [1.165, 1.54) is 19.3 Å². The molecule has 0 nitrogen and oxygen atoms in total. The molecule has 2 rings (SSSR count). The van der Waals surface area contributed by atoms with Crippen LogP contribution in [0.5, 0.6) is 0 Å². The van der Waals surface area contributed by atoms with Crippen molar-refractivity contribution < 1.29 is 36.7 Å². The Balaban J connectivity index is 0.000000220. The second-order valence-electron chi connectivity index (χ2n) is 2.82. The van der Waals surface area contributed by atoms with Crippen LogP contribution in [-0.2, 0) is 19.5 Å². The van der Waals surface area contributed by atoms with Gasteiger partial charge in [-0.25, -0.2) is 0 Å². The fraction of sp³-hybridized carbons (Fsp3) is 0.429. The second kappa shape index (κ2) is 4.94. The first kappa shape index (κ1) is 12.9. The third-order valence-corrected chi connectivity index (χ3v) is 1.78. The van der Waals surface area contributed by atoms with Crippen LogP contribution in [0.3, 0.4) is 0 Å². The first-order chi connectivity index (χ1) is 5.45. The van der Waals surface area contributed by atoms with E-state index in [0.29, 0.717) is 0 Å². The largest absolute Gasteiger partial charge is 1.00 e. The summed E-state index contributed by atoms with van der Waals surface area (Å²) in [5, 5.41) is 0. The molecule has 76 valence electrons. The van der Waals surface area contributed by atoms with Gasteiger partial charge in [-0.15, -0.1) is 0 Å². The van der Waals surface area contributed by atoms with Gasteiger partial charge in [0.05, 0.1) is 0 Å². The van der Waals surface area contributed by atoms with Crippen molar-refractivity contribution in [1.82, 2.24) is 0 Å². The third-order valence-electron chi connectivity index (χ3n) is 1.78. The molecule has 0 atom stereocenters. The Hall–Kier alpha value is -0.112. The number of hydrogen-bond donors (Lipinski definition) is 0. The molecular weight excluding hydrogens is 274 g/mol. The van der Waals surface area contributed by atoms with Gasteiger partial charge in [0, 0.05) is 0 Å². The fourth-order valence-corrected chi connectivity index (χ4v) is 1.31. The number of fused-ring (bicyclic) bond motifs is 2. The molecule has 1 fully saturated rings. The summed E-state index contributed by atoms with van der Waals surface area (Å²) in [5.74, 6) is 0. The van der Waals surface area contributed by atoms with E-state index in [-0.39, 0.29) is 19.5 Å². The summed E-state index contributed by atoms with van der Waals surface area (Å²) >= 11 is 0. The maximum Gasteiger partial charge on any atom is 1.00 e. The average molecular weight is 282 g/mol. The van der Waals surface area contributed by atoms with E-state index < -0.39 is 7.25 Å². The number of rotatable bonds is 0. The van der Waals surface area contributed by atoms with E-state index in [1.807, 2.05) is 0 Å². The molecule has 0 aliphatic heterocycles. The number of allylic oxidation sites excluding steroid dienone is 4. The maximum atomic E-state index is 9.75. The van der Waals surface area contributed by atoms with Crippen LogP contribution in [-0.4, -0.2) is 7.25 Å². The molecule has 0 spiro atoms. The van der Waals surface area contributed by atoms with E-state index in [2.05, 4.69) is 12.2 Å². The summed E-state index contributed by atoms with van der Waals surface area (Å²) in [7, 11) is -6.00. The molecule has 0 saturated heterocycles. The summed E-state index contributed by atoms with van der Waals surface area (Å²) < 4.78 is 39.0. The fourth-order valence-electron chi connectivity index (χ4n) is 1.31. The zero-order valence-corrected chi connectivity index (χ0v) is 8.34. The minimum Gasteiger partial charge on any atom is -0.418 e. The first-order valence-corrected chi connectivity index (χ1v) is 3.70. The smallest absolute Gasteiger partial charge is 0.418 e. The molecule has 0 aromatic rings. The van der Waals surface area contributed by atoms with E-state index in [9.17, 15) is 17.3 Å². The predicted molar refractivity (Wildman–Crippen MR) is 40.2 cm³/mol. The molecule has 2 aliphatic carbocycles. The first-order valence-electron chi connectivity index (χ1n) is 3.70. The molecule has 1 saturated carbocycles. The van der Waals surface area contributed by atoms with E-state index in [0.717, 1.165) is 0 Å². The Morgan fingerprint density at radius 3 is 1.31 bits per heavy atom. The van der Waals surface area contributed by atoms with Crippen molar-refractivity contribution in [3.8, 4) is 0 Å². The van der Waals surface area contributed by atoms with Gasteiger partial charge in [0.25, 0.3) is 0 Å². The van der Waals surface area contributed by atoms with Crippen molar-refractivity contribution in [3.63, 3.8) is 0 Å². The molecule has 6 heteroatoms. The van der Waals surface area contributed by atoms with Crippen molar-refractivity contribution in [2.24, 2.45) is 0 Å². The van der Waals surface area contributed by atoms with E-state index in [4.69, 9.17) is 0 Å². The van der Waals surface area contributed by atoms with Gasteiger partial charge in [-0.3, -0.25) is 0 Å². The van der Waals surface area contributed by atoms with Crippen molar-refractivity contribution in [2.75, 3.05) is 0 Å². The van der Waals surface area contributed by atoms with Crippen LogP contribution in [0, 0.1) is 0 Å². The van der Waals surface area contributed by atoms with E-state index in [1.54, 1.807) is 11.1 Å². The average Bonchev–Trinajstić information content (AvgIpc) is 2.42. The monoisotopic (exact) mass is 282 g/mol. The van der Waals surface area contributed by atoms with Crippen LogP contribution >= 0.6 is 0 Å². The maximum absolute atomic E-state index is 9.75. The van der Waals surface area contributed by atoms with Gasteiger partial charge < -0.3 is 17.3 Å². The number of halogens is 4. The Morgan fingerprint density at radius 1 is 0.923 bits per heavy atom. The molecule has 13 heavy (non-hydrogen) atoms. The summed E-state index contributed by atoms with van der Waals surface area (Å²) in [6.45, 7) is 0. The molecule has 0 heterocycles. The molecule has 0 radical (unpaired) electrons. The molecule has 0 aromatic carbocycles. The Labute approximate surface area is 86.9 Å². The zero-order valence-electron chi connectivity index (χ0n) is 6.70. The van der Waals surface area contributed by atoms with Gasteiger partial charge >= 0.3 is 26.7 Å². The van der Waals surface area contributed by atoms with E-state index >= 15 is 0 Å². The molecule has 0 N–H and O–H groups in total. The van der Waals surface area contributed by atoms with Crippen LogP contribution in [0.1, 0.15) is 19.3 Å². The molecule has 0 aromatic heterocycles. The zero-order chi connectivity index (χ0) is 9.19. The van der Waals surface area contributed by atoms with Gasteiger partial charge in [-0.1, -0.05) is 23.3 Å². The third kappa shape index (κ3) is 6.03. The van der Waals surface area contributed by atoms with Gasteiger partial charge in [-0.05, 0) is 19.3 Å². The van der Waals surface area contributed by atoms with Crippen LogP contribution in [0.2, 0.25) is 0 Å². The topological polar surface area (TPSA) is 0 Å². The van der Waals surface area contributed by atoms with Crippen LogP contribution in [0.25, 0.3) is 0 Å².